The monoisotopic (exact) mass is 253 g/mol. The number of nitrogens with one attached hydrogen (secondary N) is 1. The van der Waals surface area contributed by atoms with Crippen molar-refractivity contribution in [1.29, 1.82) is 0 Å². The largest absolute Gasteiger partial charge is 0.383 e. The van der Waals surface area contributed by atoms with Crippen LogP contribution in [0.5, 0.6) is 0 Å². The molecule has 0 aliphatic carbocycles. The van der Waals surface area contributed by atoms with Gasteiger partial charge in [-0.3, -0.25) is 0 Å². The number of benzene rings is 1. The molecule has 2 nitrogen and oxygen atoms in total. The summed E-state index contributed by atoms with van der Waals surface area (Å²) in [6.45, 7) is 1.83. The van der Waals surface area contributed by atoms with Crippen LogP contribution in [0.2, 0.25) is 5.02 Å². The van der Waals surface area contributed by atoms with Gasteiger partial charge in [0.25, 0.3) is 0 Å². The van der Waals surface area contributed by atoms with Crippen molar-refractivity contribution in [3.63, 3.8) is 0 Å². The molecule has 0 amide bonds. The van der Waals surface area contributed by atoms with Gasteiger partial charge in [-0.1, -0.05) is 36.2 Å². The second-order valence-corrected chi connectivity index (χ2v) is 5.27. The summed E-state index contributed by atoms with van der Waals surface area (Å²) >= 11 is 6.24. The molecule has 0 spiro atoms. The van der Waals surface area contributed by atoms with Gasteiger partial charge in [0.05, 0.1) is 6.61 Å². The molecule has 0 aromatic heterocycles. The van der Waals surface area contributed by atoms with E-state index in [1.807, 2.05) is 18.2 Å². The molecule has 1 aromatic carbocycles. The molecule has 2 rings (SSSR count). The SMILES string of the molecule is COCC1(Cc2ccccc2Cl)CCCCN1. The summed E-state index contributed by atoms with van der Waals surface area (Å²) in [4.78, 5) is 0. The van der Waals surface area contributed by atoms with Crippen LogP contribution >= 0.6 is 11.6 Å². The quantitative estimate of drug-likeness (QED) is 0.891. The normalized spacial score (nSPS) is 24.8. The zero-order valence-electron chi connectivity index (χ0n) is 10.3. The van der Waals surface area contributed by atoms with Crippen molar-refractivity contribution in [2.75, 3.05) is 20.3 Å². The number of rotatable bonds is 4. The summed E-state index contributed by atoms with van der Waals surface area (Å²) in [6, 6.07) is 8.09. The number of halogens is 1. The average molecular weight is 254 g/mol. The Kier molecular flexibility index (Phi) is 4.43. The van der Waals surface area contributed by atoms with E-state index in [1.54, 1.807) is 7.11 Å². The fraction of sp³-hybridized carbons (Fsp3) is 0.571. The van der Waals surface area contributed by atoms with Crippen LogP contribution in [0.4, 0.5) is 0 Å². The summed E-state index contributed by atoms with van der Waals surface area (Å²) in [5.74, 6) is 0. The molecule has 1 aliphatic rings. The summed E-state index contributed by atoms with van der Waals surface area (Å²) in [5.41, 5.74) is 1.28. The Bertz CT molecular complexity index is 355. The smallest absolute Gasteiger partial charge is 0.0647 e. The molecule has 1 heterocycles. The first-order valence-corrected chi connectivity index (χ1v) is 6.61. The standard InChI is InChI=1S/C14H20ClNO/c1-17-11-14(8-4-5-9-16-14)10-12-6-2-3-7-13(12)15/h2-3,6-7,16H,4-5,8-11H2,1H3. The topological polar surface area (TPSA) is 21.3 Å². The highest BCUT2D eigenvalue weighted by atomic mass is 35.5. The summed E-state index contributed by atoms with van der Waals surface area (Å²) in [6.07, 6.45) is 4.63. The molecule has 1 aliphatic heterocycles. The first-order chi connectivity index (χ1) is 8.26. The maximum atomic E-state index is 6.24. The minimum absolute atomic E-state index is 0.0675. The highest BCUT2D eigenvalue weighted by molar-refractivity contribution is 6.31. The van der Waals surface area contributed by atoms with Crippen LogP contribution in [0.15, 0.2) is 24.3 Å². The van der Waals surface area contributed by atoms with Gasteiger partial charge in [0, 0.05) is 17.7 Å². The highest BCUT2D eigenvalue weighted by Crippen LogP contribution is 2.27. The van der Waals surface area contributed by atoms with Crippen molar-refractivity contribution in [3.8, 4) is 0 Å². The summed E-state index contributed by atoms with van der Waals surface area (Å²) in [7, 11) is 1.77. The second-order valence-electron chi connectivity index (χ2n) is 4.87. The van der Waals surface area contributed by atoms with Gasteiger partial charge < -0.3 is 10.1 Å². The van der Waals surface area contributed by atoms with Gasteiger partial charge >= 0.3 is 0 Å². The van der Waals surface area contributed by atoms with Gasteiger partial charge in [-0.15, -0.1) is 0 Å². The maximum Gasteiger partial charge on any atom is 0.0647 e. The fourth-order valence-electron chi connectivity index (χ4n) is 2.64. The summed E-state index contributed by atoms with van der Waals surface area (Å²) in [5, 5.41) is 4.48. The van der Waals surface area contributed by atoms with E-state index in [0.29, 0.717) is 0 Å². The van der Waals surface area contributed by atoms with Crippen molar-refractivity contribution < 1.29 is 4.74 Å². The Morgan fingerprint density at radius 1 is 1.35 bits per heavy atom. The van der Waals surface area contributed by atoms with Gasteiger partial charge in [-0.25, -0.2) is 0 Å². The van der Waals surface area contributed by atoms with Crippen molar-refractivity contribution in [1.82, 2.24) is 5.32 Å². The maximum absolute atomic E-state index is 6.24. The number of hydrogen-bond donors (Lipinski definition) is 1. The van der Waals surface area contributed by atoms with Gasteiger partial charge in [-0.2, -0.15) is 0 Å². The van der Waals surface area contributed by atoms with E-state index in [-0.39, 0.29) is 5.54 Å². The minimum atomic E-state index is 0.0675. The Hall–Kier alpha value is -0.570. The minimum Gasteiger partial charge on any atom is -0.383 e. The van der Waals surface area contributed by atoms with Crippen molar-refractivity contribution in [2.45, 2.75) is 31.2 Å². The molecular weight excluding hydrogens is 234 g/mol. The molecule has 1 unspecified atom stereocenters. The first kappa shape index (κ1) is 12.9. The lowest BCUT2D eigenvalue weighted by molar-refractivity contribution is 0.0894. The molecule has 1 fully saturated rings. The van der Waals surface area contributed by atoms with Crippen molar-refractivity contribution in [3.05, 3.63) is 34.9 Å². The molecule has 17 heavy (non-hydrogen) atoms. The predicted molar refractivity (Wildman–Crippen MR) is 71.6 cm³/mol. The van der Waals surface area contributed by atoms with Crippen LogP contribution in [-0.2, 0) is 11.2 Å². The van der Waals surface area contributed by atoms with Gasteiger partial charge in [0.2, 0.25) is 0 Å². The lowest BCUT2D eigenvalue weighted by atomic mass is 9.84. The number of methoxy groups -OCH3 is 1. The Morgan fingerprint density at radius 3 is 2.82 bits per heavy atom. The second kappa shape index (κ2) is 5.85. The molecule has 0 saturated carbocycles. The molecule has 1 saturated heterocycles. The van der Waals surface area contributed by atoms with Crippen LogP contribution in [0, 0.1) is 0 Å². The predicted octanol–water partition coefficient (Wildman–Crippen LogP) is 3.04. The molecule has 1 aromatic rings. The third-order valence-electron chi connectivity index (χ3n) is 3.49. The zero-order chi connectivity index (χ0) is 12.1. The van der Waals surface area contributed by atoms with E-state index in [9.17, 15) is 0 Å². The van der Waals surface area contributed by atoms with E-state index in [0.717, 1.165) is 31.0 Å². The van der Waals surface area contributed by atoms with E-state index in [4.69, 9.17) is 16.3 Å². The van der Waals surface area contributed by atoms with E-state index < -0.39 is 0 Å². The van der Waals surface area contributed by atoms with Crippen molar-refractivity contribution >= 4 is 11.6 Å². The van der Waals surface area contributed by atoms with Gasteiger partial charge in [0.15, 0.2) is 0 Å². The lowest BCUT2D eigenvalue weighted by Crippen LogP contribution is -2.53. The molecule has 0 radical (unpaired) electrons. The highest BCUT2D eigenvalue weighted by Gasteiger charge is 2.32. The number of ether oxygens (including phenoxy) is 1. The van der Waals surface area contributed by atoms with Crippen molar-refractivity contribution in [2.24, 2.45) is 0 Å². The van der Waals surface area contributed by atoms with E-state index in [2.05, 4.69) is 11.4 Å². The summed E-state index contributed by atoms with van der Waals surface area (Å²) < 4.78 is 5.39. The lowest BCUT2D eigenvalue weighted by Gasteiger charge is -2.38. The average Bonchev–Trinajstić information content (AvgIpc) is 2.34. The van der Waals surface area contributed by atoms with Crippen LogP contribution in [0.1, 0.15) is 24.8 Å². The van der Waals surface area contributed by atoms with Gasteiger partial charge in [-0.05, 0) is 37.4 Å². The first-order valence-electron chi connectivity index (χ1n) is 6.23. The Labute approximate surface area is 108 Å². The third kappa shape index (κ3) is 3.21. The van der Waals surface area contributed by atoms with E-state index >= 15 is 0 Å². The third-order valence-corrected chi connectivity index (χ3v) is 3.86. The molecule has 1 atom stereocenters. The molecule has 94 valence electrons. The van der Waals surface area contributed by atoms with E-state index in [1.165, 1.54) is 18.4 Å². The van der Waals surface area contributed by atoms with Crippen LogP contribution in [-0.4, -0.2) is 25.8 Å². The number of piperidine rings is 1. The number of hydrogen-bond acceptors (Lipinski definition) is 2. The molecule has 1 N–H and O–H groups in total. The Morgan fingerprint density at radius 2 is 2.18 bits per heavy atom. The fourth-order valence-corrected chi connectivity index (χ4v) is 2.84. The van der Waals surface area contributed by atoms with Gasteiger partial charge in [0.1, 0.15) is 0 Å². The zero-order valence-corrected chi connectivity index (χ0v) is 11.1. The van der Waals surface area contributed by atoms with Crippen LogP contribution < -0.4 is 5.32 Å². The molecule has 0 bridgehead atoms. The molecule has 3 heteroatoms. The Balaban J connectivity index is 2.14. The van der Waals surface area contributed by atoms with Crippen LogP contribution in [0.25, 0.3) is 0 Å². The van der Waals surface area contributed by atoms with Crippen LogP contribution in [0.3, 0.4) is 0 Å². The molecular formula is C14H20ClNO.